The van der Waals surface area contributed by atoms with Crippen LogP contribution < -0.4 is 10.6 Å². The molecule has 1 unspecified atom stereocenters. The lowest BCUT2D eigenvalue weighted by Gasteiger charge is -2.25. The van der Waals surface area contributed by atoms with Crippen LogP contribution in [0.3, 0.4) is 0 Å². The number of hydrogen-bond donors (Lipinski definition) is 2. The third-order valence-corrected chi connectivity index (χ3v) is 5.07. The molecule has 156 valence electrons. The Morgan fingerprint density at radius 2 is 1.77 bits per heavy atom. The molecule has 0 bridgehead atoms. The number of amides is 5. The van der Waals surface area contributed by atoms with E-state index in [2.05, 4.69) is 10.6 Å². The number of carbonyl (C=O) groups is 4. The molecule has 5 amide bonds. The standard InChI is InChI=1S/C22H24N4O4/c1-4-22(16-10-6-5-7-11-16)20(29)26(21(30)24-22)14-18(27)23-17-12-8-9-15(13-17)19(28)25(2)3/h5-13H,4,14H2,1-3H3,(H,23,27)(H,24,30). The molecule has 8 nitrogen and oxygen atoms in total. The molecule has 2 aromatic rings. The minimum absolute atomic E-state index is 0.198. The van der Waals surface area contributed by atoms with Crippen molar-refractivity contribution < 1.29 is 19.2 Å². The van der Waals surface area contributed by atoms with Crippen LogP contribution >= 0.6 is 0 Å². The van der Waals surface area contributed by atoms with E-state index < -0.39 is 29.9 Å². The van der Waals surface area contributed by atoms with Gasteiger partial charge in [-0.15, -0.1) is 0 Å². The van der Waals surface area contributed by atoms with Gasteiger partial charge in [-0.1, -0.05) is 43.3 Å². The minimum Gasteiger partial charge on any atom is -0.345 e. The highest BCUT2D eigenvalue weighted by Gasteiger charge is 2.51. The first-order valence-corrected chi connectivity index (χ1v) is 9.59. The van der Waals surface area contributed by atoms with Crippen molar-refractivity contribution in [2.24, 2.45) is 0 Å². The van der Waals surface area contributed by atoms with Gasteiger partial charge in [0.1, 0.15) is 12.1 Å². The van der Waals surface area contributed by atoms with Crippen molar-refractivity contribution in [1.29, 1.82) is 0 Å². The number of rotatable bonds is 6. The average molecular weight is 408 g/mol. The molecular weight excluding hydrogens is 384 g/mol. The first kappa shape index (κ1) is 21.0. The highest BCUT2D eigenvalue weighted by atomic mass is 16.2. The highest BCUT2D eigenvalue weighted by molar-refractivity contribution is 6.10. The van der Waals surface area contributed by atoms with Crippen molar-refractivity contribution in [3.05, 3.63) is 65.7 Å². The summed E-state index contributed by atoms with van der Waals surface area (Å²) in [6, 6.07) is 14.8. The van der Waals surface area contributed by atoms with Crippen LogP contribution in [0.1, 0.15) is 29.3 Å². The molecule has 1 atom stereocenters. The van der Waals surface area contributed by atoms with Crippen molar-refractivity contribution in [3.8, 4) is 0 Å². The van der Waals surface area contributed by atoms with Crippen molar-refractivity contribution in [1.82, 2.24) is 15.1 Å². The van der Waals surface area contributed by atoms with Crippen molar-refractivity contribution in [3.63, 3.8) is 0 Å². The van der Waals surface area contributed by atoms with E-state index in [4.69, 9.17) is 0 Å². The maximum Gasteiger partial charge on any atom is 0.325 e. The molecular formula is C22H24N4O4. The first-order chi connectivity index (χ1) is 14.3. The Labute approximate surface area is 174 Å². The van der Waals surface area contributed by atoms with E-state index in [1.165, 1.54) is 4.90 Å². The predicted octanol–water partition coefficient (Wildman–Crippen LogP) is 2.18. The van der Waals surface area contributed by atoms with Crippen molar-refractivity contribution >= 4 is 29.4 Å². The molecule has 1 saturated heterocycles. The van der Waals surface area contributed by atoms with Crippen LogP contribution in [-0.4, -0.2) is 54.2 Å². The summed E-state index contributed by atoms with van der Waals surface area (Å²) in [5.41, 5.74) is 0.312. The van der Waals surface area contributed by atoms with E-state index in [0.717, 1.165) is 4.90 Å². The summed E-state index contributed by atoms with van der Waals surface area (Å²) in [6.07, 6.45) is 0.356. The van der Waals surface area contributed by atoms with Gasteiger partial charge in [-0.3, -0.25) is 19.3 Å². The summed E-state index contributed by atoms with van der Waals surface area (Å²) < 4.78 is 0. The van der Waals surface area contributed by atoms with Gasteiger partial charge in [-0.2, -0.15) is 0 Å². The van der Waals surface area contributed by atoms with Gasteiger partial charge in [0.25, 0.3) is 11.8 Å². The zero-order chi connectivity index (χ0) is 21.9. The maximum absolute atomic E-state index is 13.1. The zero-order valence-corrected chi connectivity index (χ0v) is 17.1. The SMILES string of the molecule is CCC1(c2ccccc2)NC(=O)N(CC(=O)Nc2cccc(C(=O)N(C)C)c2)C1=O. The monoisotopic (exact) mass is 408 g/mol. The molecule has 0 aromatic heterocycles. The third kappa shape index (κ3) is 3.89. The molecule has 2 N–H and O–H groups in total. The number of carbonyl (C=O) groups excluding carboxylic acids is 4. The van der Waals surface area contributed by atoms with E-state index in [0.29, 0.717) is 23.2 Å². The molecule has 0 radical (unpaired) electrons. The second kappa shape index (κ2) is 8.36. The molecule has 1 fully saturated rings. The smallest absolute Gasteiger partial charge is 0.325 e. The number of imide groups is 1. The first-order valence-electron chi connectivity index (χ1n) is 9.59. The van der Waals surface area contributed by atoms with Crippen LogP contribution in [0, 0.1) is 0 Å². The van der Waals surface area contributed by atoms with Gasteiger partial charge in [-0.05, 0) is 30.2 Å². The van der Waals surface area contributed by atoms with Gasteiger partial charge in [0.05, 0.1) is 0 Å². The lowest BCUT2D eigenvalue weighted by Crippen LogP contribution is -2.44. The molecule has 8 heteroatoms. The third-order valence-electron chi connectivity index (χ3n) is 5.07. The van der Waals surface area contributed by atoms with Gasteiger partial charge >= 0.3 is 6.03 Å². The van der Waals surface area contributed by atoms with E-state index in [9.17, 15) is 19.2 Å². The second-order valence-electron chi connectivity index (χ2n) is 7.27. The number of benzene rings is 2. The van der Waals surface area contributed by atoms with Crippen molar-refractivity contribution in [2.75, 3.05) is 26.0 Å². The van der Waals surface area contributed by atoms with E-state index >= 15 is 0 Å². The van der Waals surface area contributed by atoms with Gasteiger partial charge < -0.3 is 15.5 Å². The number of nitrogens with zero attached hydrogens (tertiary/aromatic N) is 2. The van der Waals surface area contributed by atoms with Gasteiger partial charge in [0.2, 0.25) is 5.91 Å². The molecule has 2 aromatic carbocycles. The Bertz CT molecular complexity index is 990. The molecule has 0 aliphatic carbocycles. The fraction of sp³-hybridized carbons (Fsp3) is 0.273. The molecule has 0 saturated carbocycles. The number of nitrogens with one attached hydrogen (secondary N) is 2. The molecule has 1 heterocycles. The molecule has 1 aliphatic heterocycles. The molecule has 3 rings (SSSR count). The van der Waals surface area contributed by atoms with E-state index in [-0.39, 0.29) is 5.91 Å². The second-order valence-corrected chi connectivity index (χ2v) is 7.27. The number of hydrogen-bond acceptors (Lipinski definition) is 4. The average Bonchev–Trinajstić information content (AvgIpc) is 2.99. The number of anilines is 1. The van der Waals surface area contributed by atoms with Crippen LogP contribution in [0.5, 0.6) is 0 Å². The molecule has 0 spiro atoms. The number of urea groups is 1. The minimum atomic E-state index is -1.18. The zero-order valence-electron chi connectivity index (χ0n) is 17.1. The Morgan fingerprint density at radius 3 is 2.40 bits per heavy atom. The Balaban J connectivity index is 1.75. The quantitative estimate of drug-likeness (QED) is 0.716. The highest BCUT2D eigenvalue weighted by Crippen LogP contribution is 2.32. The Hall–Kier alpha value is -3.68. The van der Waals surface area contributed by atoms with Crippen molar-refractivity contribution in [2.45, 2.75) is 18.9 Å². The normalized spacial score (nSPS) is 18.2. The van der Waals surface area contributed by atoms with Gasteiger partial charge in [0, 0.05) is 25.3 Å². The maximum atomic E-state index is 13.1. The van der Waals surface area contributed by atoms with Gasteiger partial charge in [0.15, 0.2) is 0 Å². The van der Waals surface area contributed by atoms with E-state index in [1.807, 2.05) is 13.0 Å². The van der Waals surface area contributed by atoms with E-state index in [1.54, 1.807) is 62.6 Å². The summed E-state index contributed by atoms with van der Waals surface area (Å²) in [4.78, 5) is 52.6. The lowest BCUT2D eigenvalue weighted by atomic mass is 9.87. The Morgan fingerprint density at radius 1 is 1.07 bits per heavy atom. The predicted molar refractivity (Wildman–Crippen MR) is 112 cm³/mol. The summed E-state index contributed by atoms with van der Waals surface area (Å²) in [6.45, 7) is 1.38. The fourth-order valence-electron chi connectivity index (χ4n) is 3.46. The van der Waals surface area contributed by atoms with Crippen LogP contribution in [0.2, 0.25) is 0 Å². The lowest BCUT2D eigenvalue weighted by molar-refractivity contribution is -0.134. The summed E-state index contributed by atoms with van der Waals surface area (Å²) in [7, 11) is 3.27. The van der Waals surface area contributed by atoms with Crippen LogP contribution in [-0.2, 0) is 15.1 Å². The summed E-state index contributed by atoms with van der Waals surface area (Å²) in [5.74, 6) is -1.20. The largest absolute Gasteiger partial charge is 0.345 e. The summed E-state index contributed by atoms with van der Waals surface area (Å²) in [5, 5.41) is 5.39. The molecule has 30 heavy (non-hydrogen) atoms. The van der Waals surface area contributed by atoms with Crippen LogP contribution in [0.25, 0.3) is 0 Å². The van der Waals surface area contributed by atoms with Crippen LogP contribution in [0.15, 0.2) is 54.6 Å². The fourth-order valence-corrected chi connectivity index (χ4v) is 3.46. The Kier molecular flexibility index (Phi) is 5.86. The summed E-state index contributed by atoms with van der Waals surface area (Å²) >= 11 is 0. The van der Waals surface area contributed by atoms with Gasteiger partial charge in [-0.25, -0.2) is 4.79 Å². The van der Waals surface area contributed by atoms with Crippen LogP contribution in [0.4, 0.5) is 10.5 Å². The topological polar surface area (TPSA) is 98.8 Å². The molecule has 1 aliphatic rings.